The summed E-state index contributed by atoms with van der Waals surface area (Å²) < 4.78 is 10.6. The van der Waals surface area contributed by atoms with E-state index in [2.05, 4.69) is 10.2 Å². The summed E-state index contributed by atoms with van der Waals surface area (Å²) in [6.07, 6.45) is 1.19. The first kappa shape index (κ1) is 20.0. The first-order chi connectivity index (χ1) is 14.0. The zero-order chi connectivity index (χ0) is 20.4. The minimum atomic E-state index is -0.611. The molecule has 2 amide bonds. The van der Waals surface area contributed by atoms with Gasteiger partial charge in [-0.1, -0.05) is 0 Å². The molecule has 2 atom stereocenters. The van der Waals surface area contributed by atoms with Crippen molar-refractivity contribution in [2.24, 2.45) is 0 Å². The number of rotatable bonds is 5. The number of fused-ring (bicyclic) bond motifs is 1. The minimum Gasteiger partial charge on any atom is -0.454 e. The van der Waals surface area contributed by atoms with Gasteiger partial charge in [0, 0.05) is 36.6 Å². The molecule has 1 aromatic rings. The van der Waals surface area contributed by atoms with Crippen LogP contribution in [-0.2, 0) is 23.9 Å². The highest BCUT2D eigenvalue weighted by Gasteiger charge is 2.53. The molecule has 29 heavy (non-hydrogen) atoms. The van der Waals surface area contributed by atoms with Crippen LogP contribution in [0.2, 0.25) is 0 Å². The van der Waals surface area contributed by atoms with Crippen LogP contribution in [-0.4, -0.2) is 72.3 Å². The molecule has 0 spiro atoms. The van der Waals surface area contributed by atoms with Crippen LogP contribution in [0.5, 0.6) is 0 Å². The topological polar surface area (TPSA) is 88.2 Å². The quantitative estimate of drug-likeness (QED) is 0.723. The number of esters is 1. The van der Waals surface area contributed by atoms with E-state index in [1.807, 2.05) is 31.2 Å². The largest absolute Gasteiger partial charge is 0.454 e. The fourth-order valence-electron chi connectivity index (χ4n) is 4.00. The van der Waals surface area contributed by atoms with Crippen molar-refractivity contribution < 1.29 is 23.9 Å². The molecule has 0 aromatic heterocycles. The Balaban J connectivity index is 1.27. The van der Waals surface area contributed by atoms with Gasteiger partial charge in [-0.05, 0) is 37.6 Å². The molecule has 1 N–H and O–H groups in total. The van der Waals surface area contributed by atoms with E-state index in [0.717, 1.165) is 25.2 Å². The molecule has 156 valence electrons. The maximum absolute atomic E-state index is 12.4. The van der Waals surface area contributed by atoms with Crippen molar-refractivity contribution >= 4 is 40.9 Å². The highest BCUT2D eigenvalue weighted by molar-refractivity contribution is 8.01. The van der Waals surface area contributed by atoms with E-state index in [1.165, 1.54) is 0 Å². The molecule has 3 aliphatic rings. The summed E-state index contributed by atoms with van der Waals surface area (Å²) in [5.41, 5.74) is 1.72. The summed E-state index contributed by atoms with van der Waals surface area (Å²) in [6, 6.07) is 6.94. The van der Waals surface area contributed by atoms with Gasteiger partial charge in [-0.15, -0.1) is 11.8 Å². The molecule has 3 heterocycles. The van der Waals surface area contributed by atoms with Crippen molar-refractivity contribution in [3.63, 3.8) is 0 Å². The van der Waals surface area contributed by atoms with Crippen molar-refractivity contribution in [1.29, 1.82) is 0 Å². The Bertz CT molecular complexity index is 796. The Morgan fingerprint density at radius 3 is 2.72 bits per heavy atom. The number of hydrogen-bond donors (Lipinski definition) is 1. The monoisotopic (exact) mass is 419 g/mol. The second-order valence-corrected chi connectivity index (χ2v) is 9.07. The molecule has 0 bridgehead atoms. The van der Waals surface area contributed by atoms with Crippen LogP contribution < -0.4 is 10.2 Å². The molecule has 9 heteroatoms. The summed E-state index contributed by atoms with van der Waals surface area (Å²) >= 11 is 1.60. The third-order valence-corrected chi connectivity index (χ3v) is 7.09. The second-order valence-electron chi connectivity index (χ2n) is 7.57. The lowest BCUT2D eigenvalue weighted by Crippen LogP contribution is -2.47. The summed E-state index contributed by atoms with van der Waals surface area (Å²) in [6.45, 7) is 4.73. The van der Waals surface area contributed by atoms with Gasteiger partial charge in [-0.3, -0.25) is 9.59 Å². The Labute approximate surface area is 173 Å². The molecular formula is C20H25N3O5S. The van der Waals surface area contributed by atoms with Gasteiger partial charge in [-0.2, -0.15) is 0 Å². The summed E-state index contributed by atoms with van der Waals surface area (Å²) in [5, 5.41) is 2.74. The van der Waals surface area contributed by atoms with Crippen molar-refractivity contribution in [2.75, 3.05) is 48.9 Å². The molecule has 0 unspecified atom stereocenters. The molecule has 3 saturated heterocycles. The van der Waals surface area contributed by atoms with Gasteiger partial charge >= 0.3 is 5.97 Å². The van der Waals surface area contributed by atoms with Crippen LogP contribution in [0.3, 0.4) is 0 Å². The highest BCUT2D eigenvalue weighted by atomic mass is 32.2. The number of nitrogens with zero attached hydrogens (tertiary/aromatic N) is 2. The molecule has 4 rings (SSSR count). The predicted octanol–water partition coefficient (Wildman–Crippen LogP) is 1.46. The van der Waals surface area contributed by atoms with Crippen LogP contribution in [0.25, 0.3) is 0 Å². The van der Waals surface area contributed by atoms with Gasteiger partial charge in [0.25, 0.3) is 5.91 Å². The Hall–Kier alpha value is -2.26. The third kappa shape index (κ3) is 4.20. The molecular weight excluding hydrogens is 394 g/mol. The number of thioether (sulfide) groups is 1. The van der Waals surface area contributed by atoms with Gasteiger partial charge in [0.2, 0.25) is 5.91 Å². The maximum atomic E-state index is 12.4. The SMILES string of the molecule is C[C@]12CCC(=O)N1[C@@H](C(=O)OCC(=O)Nc1ccc(N3CCOCC3)cc1)CS2. The van der Waals surface area contributed by atoms with E-state index in [4.69, 9.17) is 9.47 Å². The van der Waals surface area contributed by atoms with Crippen LogP contribution in [0.1, 0.15) is 19.8 Å². The molecule has 0 saturated carbocycles. The number of nitrogens with one attached hydrogen (secondary N) is 1. The van der Waals surface area contributed by atoms with Crippen LogP contribution in [0.15, 0.2) is 24.3 Å². The van der Waals surface area contributed by atoms with Crippen LogP contribution >= 0.6 is 11.8 Å². The van der Waals surface area contributed by atoms with Crippen molar-refractivity contribution in [2.45, 2.75) is 30.7 Å². The first-order valence-electron chi connectivity index (χ1n) is 9.82. The zero-order valence-corrected chi connectivity index (χ0v) is 17.2. The zero-order valence-electron chi connectivity index (χ0n) is 16.4. The van der Waals surface area contributed by atoms with Crippen molar-refractivity contribution in [3.8, 4) is 0 Å². The van der Waals surface area contributed by atoms with Gasteiger partial charge in [0.1, 0.15) is 6.04 Å². The Morgan fingerprint density at radius 2 is 2.00 bits per heavy atom. The van der Waals surface area contributed by atoms with E-state index in [0.29, 0.717) is 31.1 Å². The van der Waals surface area contributed by atoms with Gasteiger partial charge < -0.3 is 24.6 Å². The highest BCUT2D eigenvalue weighted by Crippen LogP contribution is 2.47. The fraction of sp³-hybridized carbons (Fsp3) is 0.550. The smallest absolute Gasteiger partial charge is 0.330 e. The van der Waals surface area contributed by atoms with Crippen LogP contribution in [0.4, 0.5) is 11.4 Å². The molecule has 8 nitrogen and oxygen atoms in total. The third-order valence-electron chi connectivity index (χ3n) is 5.59. The lowest BCUT2D eigenvalue weighted by atomic mass is 10.2. The van der Waals surface area contributed by atoms with E-state index < -0.39 is 17.9 Å². The molecule has 3 fully saturated rings. The average molecular weight is 420 g/mol. The van der Waals surface area contributed by atoms with Gasteiger partial charge in [0.05, 0.1) is 18.1 Å². The number of amides is 2. The first-order valence-corrected chi connectivity index (χ1v) is 10.8. The Morgan fingerprint density at radius 1 is 1.28 bits per heavy atom. The fourth-order valence-corrected chi connectivity index (χ4v) is 5.42. The number of anilines is 2. The van der Waals surface area contributed by atoms with E-state index in [-0.39, 0.29) is 17.4 Å². The lowest BCUT2D eigenvalue weighted by molar-refractivity contribution is -0.155. The average Bonchev–Trinajstić information content (AvgIpc) is 3.23. The molecule has 3 aliphatic heterocycles. The summed E-state index contributed by atoms with van der Waals surface area (Å²) in [5.74, 6) is -0.441. The van der Waals surface area contributed by atoms with Crippen molar-refractivity contribution in [1.82, 2.24) is 4.90 Å². The van der Waals surface area contributed by atoms with Crippen molar-refractivity contribution in [3.05, 3.63) is 24.3 Å². The van der Waals surface area contributed by atoms with E-state index in [9.17, 15) is 14.4 Å². The minimum absolute atomic E-state index is 0.0238. The van der Waals surface area contributed by atoms with Gasteiger partial charge in [0.15, 0.2) is 6.61 Å². The predicted molar refractivity (Wildman–Crippen MR) is 110 cm³/mol. The molecule has 0 radical (unpaired) electrons. The van der Waals surface area contributed by atoms with Gasteiger partial charge in [-0.25, -0.2) is 4.79 Å². The van der Waals surface area contributed by atoms with E-state index >= 15 is 0 Å². The normalized spacial score (nSPS) is 26.4. The number of morpholine rings is 1. The second kappa shape index (κ2) is 8.23. The molecule has 1 aromatic carbocycles. The maximum Gasteiger partial charge on any atom is 0.330 e. The summed E-state index contributed by atoms with van der Waals surface area (Å²) in [4.78, 5) is 40.2. The number of ether oxygens (including phenoxy) is 2. The summed E-state index contributed by atoms with van der Waals surface area (Å²) in [7, 11) is 0. The number of carbonyl (C=O) groups excluding carboxylic acids is 3. The van der Waals surface area contributed by atoms with Crippen LogP contribution in [0, 0.1) is 0 Å². The standard InChI is InChI=1S/C20H25N3O5S/c1-20-7-6-18(25)23(20)16(13-29-20)19(26)28-12-17(24)21-14-2-4-15(5-3-14)22-8-10-27-11-9-22/h2-5,16H,6-13H2,1H3,(H,21,24)/t16-,20+/m1/s1. The number of carbonyl (C=O) groups is 3. The van der Waals surface area contributed by atoms with E-state index in [1.54, 1.807) is 16.7 Å². The molecule has 0 aliphatic carbocycles. The Kier molecular flexibility index (Phi) is 5.69. The number of hydrogen-bond acceptors (Lipinski definition) is 7. The number of benzene rings is 1. The lowest BCUT2D eigenvalue weighted by Gasteiger charge is -2.29.